The molecule has 1 heterocycles. The van der Waals surface area contributed by atoms with Crippen LogP contribution in [0.15, 0.2) is 83.5 Å². The number of ether oxygens (including phenoxy) is 1. The predicted molar refractivity (Wildman–Crippen MR) is 99.2 cm³/mol. The van der Waals surface area contributed by atoms with Crippen molar-refractivity contribution in [3.63, 3.8) is 0 Å². The third-order valence-corrected chi connectivity index (χ3v) is 3.48. The molecule has 0 bridgehead atoms. The summed E-state index contributed by atoms with van der Waals surface area (Å²) in [5.74, 6) is -0.401. The summed E-state index contributed by atoms with van der Waals surface area (Å²) in [6.45, 7) is 0. The number of hydrogen-bond acceptors (Lipinski definition) is 5. The molecule has 1 aliphatic rings. The molecule has 0 unspecified atom stereocenters. The highest BCUT2D eigenvalue weighted by molar-refractivity contribution is 6.09. The largest absolute Gasteiger partial charge is 0.403 e. The summed E-state index contributed by atoms with van der Waals surface area (Å²) in [7, 11) is 0. The number of non-ortho nitro benzene ring substituents is 1. The van der Waals surface area contributed by atoms with Gasteiger partial charge < -0.3 is 4.74 Å². The van der Waals surface area contributed by atoms with Crippen LogP contribution in [0.5, 0.6) is 0 Å². The highest BCUT2D eigenvalue weighted by Crippen LogP contribution is 2.16. The fourth-order valence-corrected chi connectivity index (χ4v) is 2.24. The molecule has 6 nitrogen and oxygen atoms in total. The fraction of sp³-hybridized carbons (Fsp3) is 0. The molecule has 2 aromatic rings. The molecule has 128 valence electrons. The highest BCUT2D eigenvalue weighted by atomic mass is 16.6. The van der Waals surface area contributed by atoms with Crippen molar-refractivity contribution in [3.8, 4) is 0 Å². The molecule has 0 saturated carbocycles. The topological polar surface area (TPSA) is 81.8 Å². The van der Waals surface area contributed by atoms with E-state index in [4.69, 9.17) is 4.74 Å². The molecular formula is C20H14N2O4. The van der Waals surface area contributed by atoms with Crippen LogP contribution >= 0.6 is 0 Å². The van der Waals surface area contributed by atoms with Crippen molar-refractivity contribution in [2.24, 2.45) is 4.99 Å². The predicted octanol–water partition coefficient (Wildman–Crippen LogP) is 4.16. The number of nitro groups is 1. The first-order valence-electron chi connectivity index (χ1n) is 7.79. The normalized spacial score (nSPS) is 15.6. The Kier molecular flexibility index (Phi) is 5.14. The summed E-state index contributed by atoms with van der Waals surface area (Å²) in [6.07, 6.45) is 8.25. The average molecular weight is 346 g/mol. The lowest BCUT2D eigenvalue weighted by molar-refractivity contribution is -0.384. The van der Waals surface area contributed by atoms with Crippen molar-refractivity contribution in [2.75, 3.05) is 0 Å². The third kappa shape index (κ3) is 4.39. The Bertz CT molecular complexity index is 957. The minimum Gasteiger partial charge on any atom is -0.403 e. The first-order valence-corrected chi connectivity index (χ1v) is 7.79. The standard InChI is InChI=1S/C20H14N2O4/c23-20-18(11-5-8-15-6-2-1-3-7-15)21-19(26-20)13-12-16-9-4-10-17(14-16)22(24)25/h1-14H/b8-5+,13-12-,18-11+. The van der Waals surface area contributed by atoms with Crippen LogP contribution in [0.1, 0.15) is 11.1 Å². The van der Waals surface area contributed by atoms with E-state index in [1.54, 1.807) is 30.4 Å². The number of hydrogen-bond donors (Lipinski definition) is 0. The molecule has 0 saturated heterocycles. The summed E-state index contributed by atoms with van der Waals surface area (Å²) in [5.41, 5.74) is 1.80. The summed E-state index contributed by atoms with van der Waals surface area (Å²) in [4.78, 5) is 26.2. The Morgan fingerprint density at radius 1 is 0.962 bits per heavy atom. The number of allylic oxidation sites excluding steroid dienone is 2. The van der Waals surface area contributed by atoms with Gasteiger partial charge in [0.1, 0.15) is 0 Å². The number of aliphatic imine (C=N–C) groups is 1. The molecule has 0 fully saturated rings. The Balaban J connectivity index is 1.71. The molecule has 3 rings (SSSR count). The molecule has 0 amide bonds. The Morgan fingerprint density at radius 2 is 1.73 bits per heavy atom. The van der Waals surface area contributed by atoms with Gasteiger partial charge in [0.25, 0.3) is 5.69 Å². The molecule has 0 spiro atoms. The summed E-state index contributed by atoms with van der Waals surface area (Å²) >= 11 is 0. The van der Waals surface area contributed by atoms with Crippen molar-refractivity contribution in [1.29, 1.82) is 0 Å². The van der Waals surface area contributed by atoms with Crippen LogP contribution in [0.2, 0.25) is 0 Å². The number of rotatable bonds is 5. The summed E-state index contributed by atoms with van der Waals surface area (Å²) in [5, 5.41) is 10.8. The van der Waals surface area contributed by atoms with Crippen LogP contribution in [0.25, 0.3) is 12.2 Å². The number of benzene rings is 2. The molecule has 1 aliphatic heterocycles. The second kappa shape index (κ2) is 7.85. The van der Waals surface area contributed by atoms with Gasteiger partial charge in [0.2, 0.25) is 5.90 Å². The second-order valence-electron chi connectivity index (χ2n) is 5.35. The Labute approximate surface area is 149 Å². The van der Waals surface area contributed by atoms with Crippen LogP contribution < -0.4 is 0 Å². The Morgan fingerprint density at radius 3 is 2.50 bits per heavy atom. The van der Waals surface area contributed by atoms with Crippen molar-refractivity contribution < 1.29 is 14.5 Å². The summed E-state index contributed by atoms with van der Waals surface area (Å²) < 4.78 is 5.06. The van der Waals surface area contributed by atoms with E-state index in [9.17, 15) is 14.9 Å². The maximum Gasteiger partial charge on any atom is 0.363 e. The van der Waals surface area contributed by atoms with E-state index in [0.29, 0.717) is 5.56 Å². The molecule has 2 aromatic carbocycles. The van der Waals surface area contributed by atoms with Crippen molar-refractivity contribution in [3.05, 3.63) is 99.8 Å². The zero-order valence-electron chi connectivity index (χ0n) is 13.6. The van der Waals surface area contributed by atoms with E-state index in [2.05, 4.69) is 4.99 Å². The number of carbonyl (C=O) groups is 1. The third-order valence-electron chi connectivity index (χ3n) is 3.48. The number of nitro benzene ring substituents is 1. The molecule has 0 N–H and O–H groups in total. The van der Waals surface area contributed by atoms with Gasteiger partial charge in [-0.25, -0.2) is 9.79 Å². The number of esters is 1. The fourth-order valence-electron chi connectivity index (χ4n) is 2.24. The maximum absolute atomic E-state index is 11.8. The van der Waals surface area contributed by atoms with E-state index in [1.807, 2.05) is 36.4 Å². The molecule has 6 heteroatoms. The van der Waals surface area contributed by atoms with Gasteiger partial charge >= 0.3 is 5.97 Å². The van der Waals surface area contributed by atoms with Crippen molar-refractivity contribution >= 4 is 29.7 Å². The average Bonchev–Trinajstić information content (AvgIpc) is 3.01. The minimum atomic E-state index is -0.540. The van der Waals surface area contributed by atoms with E-state index >= 15 is 0 Å². The van der Waals surface area contributed by atoms with Crippen LogP contribution in [0.3, 0.4) is 0 Å². The lowest BCUT2D eigenvalue weighted by Gasteiger charge is -1.94. The van der Waals surface area contributed by atoms with E-state index < -0.39 is 10.9 Å². The summed E-state index contributed by atoms with van der Waals surface area (Å²) in [6, 6.07) is 15.8. The van der Waals surface area contributed by atoms with Crippen LogP contribution in [-0.4, -0.2) is 16.8 Å². The second-order valence-corrected chi connectivity index (χ2v) is 5.35. The first-order chi connectivity index (χ1) is 12.6. The Hall–Kier alpha value is -3.80. The molecule has 0 radical (unpaired) electrons. The van der Waals surface area contributed by atoms with Gasteiger partial charge in [-0.15, -0.1) is 0 Å². The molecule has 0 atom stereocenters. The van der Waals surface area contributed by atoms with Crippen LogP contribution in [0, 0.1) is 10.1 Å². The monoisotopic (exact) mass is 346 g/mol. The number of cyclic esters (lactones) is 1. The lowest BCUT2D eigenvalue weighted by Crippen LogP contribution is -2.00. The first kappa shape index (κ1) is 17.0. The van der Waals surface area contributed by atoms with Crippen LogP contribution in [-0.2, 0) is 9.53 Å². The molecular weight excluding hydrogens is 332 g/mol. The molecule has 0 aromatic heterocycles. The SMILES string of the molecule is O=C1OC(/C=C\c2cccc([N+](=O)[O-])c2)=NC/1=C/C=C/c1ccccc1. The van der Waals surface area contributed by atoms with Gasteiger partial charge in [0.05, 0.1) is 4.92 Å². The van der Waals surface area contributed by atoms with E-state index in [-0.39, 0.29) is 17.3 Å². The van der Waals surface area contributed by atoms with Crippen molar-refractivity contribution in [1.82, 2.24) is 0 Å². The van der Waals surface area contributed by atoms with Gasteiger partial charge in [0.15, 0.2) is 5.70 Å². The van der Waals surface area contributed by atoms with Gasteiger partial charge in [-0.3, -0.25) is 10.1 Å². The van der Waals surface area contributed by atoms with Gasteiger partial charge in [-0.2, -0.15) is 0 Å². The zero-order chi connectivity index (χ0) is 18.4. The smallest absolute Gasteiger partial charge is 0.363 e. The number of carbonyl (C=O) groups excluding carboxylic acids is 1. The van der Waals surface area contributed by atoms with E-state index in [1.165, 1.54) is 18.2 Å². The quantitative estimate of drug-likeness (QED) is 0.352. The van der Waals surface area contributed by atoms with Gasteiger partial charge in [-0.1, -0.05) is 54.6 Å². The zero-order valence-corrected chi connectivity index (χ0v) is 13.6. The van der Waals surface area contributed by atoms with Gasteiger partial charge in [-0.05, 0) is 23.3 Å². The lowest BCUT2D eigenvalue weighted by atomic mass is 10.2. The molecule has 26 heavy (non-hydrogen) atoms. The van der Waals surface area contributed by atoms with Crippen LogP contribution in [0.4, 0.5) is 5.69 Å². The minimum absolute atomic E-state index is 0.0101. The number of nitrogens with zero attached hydrogens (tertiary/aromatic N) is 2. The maximum atomic E-state index is 11.8. The van der Waals surface area contributed by atoms with Crippen molar-refractivity contribution in [2.45, 2.75) is 0 Å². The van der Waals surface area contributed by atoms with Gasteiger partial charge in [0, 0.05) is 18.2 Å². The van der Waals surface area contributed by atoms with E-state index in [0.717, 1.165) is 5.56 Å². The highest BCUT2D eigenvalue weighted by Gasteiger charge is 2.20. The molecule has 0 aliphatic carbocycles.